The number of aliphatic hydroxyl groups excluding tert-OH is 4. The van der Waals surface area contributed by atoms with Crippen LogP contribution < -0.4 is 0 Å². The van der Waals surface area contributed by atoms with E-state index in [-0.39, 0.29) is 0 Å². The van der Waals surface area contributed by atoms with Crippen molar-refractivity contribution in [3.05, 3.63) is 39.9 Å². The summed E-state index contributed by atoms with van der Waals surface area (Å²) in [7, 11) is 0. The summed E-state index contributed by atoms with van der Waals surface area (Å²) >= 11 is 0. The lowest BCUT2D eigenvalue weighted by atomic mass is 9.80. The molecule has 1 aromatic rings. The topological polar surface area (TPSA) is 154 Å². The average molecular weight is 301 g/mol. The van der Waals surface area contributed by atoms with E-state index in [9.17, 15) is 30.5 Å². The molecule has 1 aliphatic heterocycles. The summed E-state index contributed by atoms with van der Waals surface area (Å²) in [6, 6.07) is 4.93. The van der Waals surface area contributed by atoms with E-state index < -0.39 is 53.0 Å². The molecular weight excluding hydrogens is 286 g/mol. The highest BCUT2D eigenvalue weighted by molar-refractivity contribution is 5.45. The minimum absolute atomic E-state index is 0.398. The highest BCUT2D eigenvalue weighted by Gasteiger charge is 2.57. The first-order valence-corrected chi connectivity index (χ1v) is 6.10. The molecule has 21 heavy (non-hydrogen) atoms. The third kappa shape index (κ3) is 2.39. The molecule has 9 nitrogen and oxygen atoms in total. The molecule has 1 heterocycles. The lowest BCUT2D eigenvalue weighted by Gasteiger charge is -2.45. The molecule has 0 aromatic heterocycles. The number of nitrogens with zero attached hydrogens (tertiary/aromatic N) is 1. The summed E-state index contributed by atoms with van der Waals surface area (Å²) in [5, 5.41) is 60.3. The number of hydrogen-bond acceptors (Lipinski definition) is 8. The molecule has 1 aromatic carbocycles. The Morgan fingerprint density at radius 3 is 2.48 bits per heavy atom. The lowest BCUT2D eigenvalue weighted by Crippen LogP contribution is -2.64. The van der Waals surface area contributed by atoms with Crippen LogP contribution in [-0.2, 0) is 10.3 Å². The Bertz CT molecular complexity index is 538. The molecule has 0 saturated carbocycles. The number of aliphatic hydroxyl groups is 5. The fraction of sp³-hybridized carbons (Fsp3) is 0.500. The van der Waals surface area contributed by atoms with Gasteiger partial charge in [0.05, 0.1) is 17.1 Å². The molecule has 1 fully saturated rings. The average Bonchev–Trinajstić information content (AvgIpc) is 2.48. The van der Waals surface area contributed by atoms with Gasteiger partial charge in [0.2, 0.25) is 0 Å². The molecule has 0 radical (unpaired) electrons. The van der Waals surface area contributed by atoms with Gasteiger partial charge in [-0.1, -0.05) is 12.1 Å². The number of nitro groups is 1. The second-order valence-electron chi connectivity index (χ2n) is 4.74. The highest BCUT2D eigenvalue weighted by atomic mass is 16.6. The van der Waals surface area contributed by atoms with Gasteiger partial charge in [-0.25, -0.2) is 0 Å². The number of hydrogen-bond donors (Lipinski definition) is 5. The maximum absolute atomic E-state index is 11.0. The van der Waals surface area contributed by atoms with E-state index in [0.29, 0.717) is 0 Å². The normalized spacial score (nSPS) is 36.4. The molecular formula is C12H15NO8. The minimum Gasteiger partial charge on any atom is -0.394 e. The Morgan fingerprint density at radius 2 is 1.90 bits per heavy atom. The second-order valence-corrected chi connectivity index (χ2v) is 4.74. The van der Waals surface area contributed by atoms with Crippen molar-refractivity contribution in [1.29, 1.82) is 0 Å². The van der Waals surface area contributed by atoms with Crippen LogP contribution in [0.4, 0.5) is 5.69 Å². The van der Waals surface area contributed by atoms with Crippen molar-refractivity contribution in [3.63, 3.8) is 0 Å². The van der Waals surface area contributed by atoms with Gasteiger partial charge >= 0.3 is 0 Å². The molecule has 5 atom stereocenters. The van der Waals surface area contributed by atoms with Gasteiger partial charge in [-0.3, -0.25) is 10.1 Å². The van der Waals surface area contributed by atoms with E-state index in [1.807, 2.05) is 0 Å². The Labute approximate surface area is 118 Å². The number of ether oxygens (including phenoxy) is 1. The molecule has 0 aliphatic carbocycles. The molecule has 1 aliphatic rings. The van der Waals surface area contributed by atoms with Crippen LogP contribution in [0.2, 0.25) is 0 Å². The van der Waals surface area contributed by atoms with Crippen molar-refractivity contribution in [2.75, 3.05) is 6.61 Å². The summed E-state index contributed by atoms with van der Waals surface area (Å²) in [4.78, 5) is 10.2. The maximum atomic E-state index is 11.0. The molecule has 0 unspecified atom stereocenters. The molecule has 0 amide bonds. The first kappa shape index (κ1) is 15.8. The van der Waals surface area contributed by atoms with Crippen LogP contribution in [0.15, 0.2) is 24.3 Å². The number of para-hydroxylation sites is 1. The summed E-state index contributed by atoms with van der Waals surface area (Å²) in [5.74, 6) is 0. The quantitative estimate of drug-likeness (QED) is 0.324. The minimum atomic E-state index is -2.60. The third-order valence-corrected chi connectivity index (χ3v) is 3.55. The maximum Gasteiger partial charge on any atom is 0.275 e. The molecule has 2 rings (SSSR count). The SMILES string of the molecule is O=[N+]([O-])c1ccccc1[C@]1(O)[C@@H](O)O[C@H](CO)[C@H](O)[C@@H]1O. The van der Waals surface area contributed by atoms with E-state index >= 15 is 0 Å². The molecule has 116 valence electrons. The number of benzene rings is 1. The van der Waals surface area contributed by atoms with Gasteiger partial charge in [0.1, 0.15) is 18.3 Å². The van der Waals surface area contributed by atoms with Crippen LogP contribution >= 0.6 is 0 Å². The molecule has 0 bridgehead atoms. The van der Waals surface area contributed by atoms with Crippen LogP contribution in [0.3, 0.4) is 0 Å². The number of rotatable bonds is 3. The van der Waals surface area contributed by atoms with Crippen LogP contribution in [0, 0.1) is 10.1 Å². The Morgan fingerprint density at radius 1 is 1.29 bits per heavy atom. The van der Waals surface area contributed by atoms with Gasteiger partial charge in [-0.2, -0.15) is 0 Å². The predicted octanol–water partition coefficient (Wildman–Crippen LogP) is -1.79. The predicted molar refractivity (Wildman–Crippen MR) is 67.0 cm³/mol. The van der Waals surface area contributed by atoms with Crippen molar-refractivity contribution >= 4 is 5.69 Å². The van der Waals surface area contributed by atoms with Gasteiger partial charge in [0, 0.05) is 6.07 Å². The zero-order chi connectivity index (χ0) is 15.8. The summed E-state index contributed by atoms with van der Waals surface area (Å²) in [5.41, 5.74) is -3.55. The van der Waals surface area contributed by atoms with Crippen molar-refractivity contribution in [2.45, 2.75) is 30.2 Å². The summed E-state index contributed by atoms with van der Waals surface area (Å²) < 4.78 is 4.85. The highest BCUT2D eigenvalue weighted by Crippen LogP contribution is 2.40. The van der Waals surface area contributed by atoms with Crippen LogP contribution in [0.5, 0.6) is 0 Å². The second kappa shape index (κ2) is 5.64. The third-order valence-electron chi connectivity index (χ3n) is 3.55. The van der Waals surface area contributed by atoms with Crippen molar-refractivity contribution < 1.29 is 35.2 Å². The molecule has 9 heteroatoms. The van der Waals surface area contributed by atoms with Crippen LogP contribution in [0.1, 0.15) is 5.56 Å². The van der Waals surface area contributed by atoms with Gasteiger partial charge < -0.3 is 30.3 Å². The molecule has 0 spiro atoms. The van der Waals surface area contributed by atoms with Gasteiger partial charge in [-0.05, 0) is 6.07 Å². The molecule has 1 saturated heterocycles. The van der Waals surface area contributed by atoms with Crippen molar-refractivity contribution in [2.24, 2.45) is 0 Å². The summed E-state index contributed by atoms with van der Waals surface area (Å²) in [6.45, 7) is -0.706. The van der Waals surface area contributed by atoms with Crippen molar-refractivity contribution in [3.8, 4) is 0 Å². The Balaban J connectivity index is 2.53. The van der Waals surface area contributed by atoms with Crippen LogP contribution in [0.25, 0.3) is 0 Å². The van der Waals surface area contributed by atoms with E-state index in [4.69, 9.17) is 9.84 Å². The lowest BCUT2D eigenvalue weighted by molar-refractivity contribution is -0.391. The Kier molecular flexibility index (Phi) is 4.23. The smallest absolute Gasteiger partial charge is 0.275 e. The zero-order valence-electron chi connectivity index (χ0n) is 10.7. The summed E-state index contributed by atoms with van der Waals surface area (Å²) in [6.07, 6.45) is -7.10. The zero-order valence-corrected chi connectivity index (χ0v) is 10.7. The van der Waals surface area contributed by atoms with Crippen molar-refractivity contribution in [1.82, 2.24) is 0 Å². The van der Waals surface area contributed by atoms with Gasteiger partial charge in [0.15, 0.2) is 11.9 Å². The number of nitro benzene ring substituents is 1. The van der Waals surface area contributed by atoms with E-state index in [0.717, 1.165) is 12.1 Å². The van der Waals surface area contributed by atoms with Gasteiger partial charge in [-0.15, -0.1) is 0 Å². The first-order valence-electron chi connectivity index (χ1n) is 6.10. The van der Waals surface area contributed by atoms with E-state index in [1.165, 1.54) is 12.1 Å². The van der Waals surface area contributed by atoms with E-state index in [2.05, 4.69) is 0 Å². The van der Waals surface area contributed by atoms with E-state index in [1.54, 1.807) is 0 Å². The Hall–Kier alpha value is -1.62. The van der Waals surface area contributed by atoms with Gasteiger partial charge in [0.25, 0.3) is 5.69 Å². The largest absolute Gasteiger partial charge is 0.394 e. The fourth-order valence-corrected chi connectivity index (χ4v) is 2.37. The monoisotopic (exact) mass is 301 g/mol. The fourth-order valence-electron chi connectivity index (χ4n) is 2.37. The first-order chi connectivity index (χ1) is 9.83. The molecule has 5 N–H and O–H groups in total. The van der Waals surface area contributed by atoms with Crippen LogP contribution in [-0.4, -0.2) is 61.7 Å². The standard InChI is InChI=1S/C12H15NO8/c14-5-8-9(15)10(16)12(18,11(17)21-8)6-3-1-2-4-7(6)13(19)20/h1-4,8-11,14-18H,5H2/t8-,9+,10+,11+,12-/m1/s1.